The number of rotatable bonds is 8. The van der Waals surface area contributed by atoms with E-state index >= 15 is 0 Å². The van der Waals surface area contributed by atoms with Gasteiger partial charge in [-0.2, -0.15) is 0 Å². The van der Waals surface area contributed by atoms with Gasteiger partial charge in [-0.05, 0) is 25.3 Å². The zero-order valence-corrected chi connectivity index (χ0v) is 16.7. The van der Waals surface area contributed by atoms with Gasteiger partial charge in [0.05, 0.1) is 31.5 Å². The van der Waals surface area contributed by atoms with E-state index in [0.717, 1.165) is 19.4 Å². The number of methoxy groups -OCH3 is 2. The highest BCUT2D eigenvalue weighted by Gasteiger charge is 2.30. The Morgan fingerprint density at radius 3 is 2.41 bits per heavy atom. The summed E-state index contributed by atoms with van der Waals surface area (Å²) < 4.78 is 10.6. The van der Waals surface area contributed by atoms with Gasteiger partial charge in [-0.3, -0.25) is 9.69 Å². The topological polar surface area (TPSA) is 50.8 Å². The van der Waals surface area contributed by atoms with Crippen molar-refractivity contribution >= 4 is 23.2 Å². The van der Waals surface area contributed by atoms with Gasteiger partial charge in [0.25, 0.3) is 0 Å². The first kappa shape index (κ1) is 19.5. The molecule has 0 atom stereocenters. The fourth-order valence-electron chi connectivity index (χ4n) is 3.01. The van der Waals surface area contributed by atoms with Crippen molar-refractivity contribution in [3.05, 3.63) is 52.5 Å². The van der Waals surface area contributed by atoms with Crippen molar-refractivity contribution in [2.45, 2.75) is 32.4 Å². The summed E-state index contributed by atoms with van der Waals surface area (Å²) in [7, 11) is 3.08. The van der Waals surface area contributed by atoms with Crippen LogP contribution in [0.3, 0.4) is 0 Å². The highest BCUT2D eigenvalue weighted by Crippen LogP contribution is 2.36. The third-order valence-electron chi connectivity index (χ3n) is 4.66. The summed E-state index contributed by atoms with van der Waals surface area (Å²) in [6, 6.07) is 12.2. The standard InChI is InChI=1S/C21H25ClN2O3/c1-14-4-6-15(7-5-14)12-24(16-8-9-16)13-21(25)23-18-11-19(26-2)17(22)10-20(18)27-3/h4-7,10-11,16H,8-9,12-13H2,1-3H3,(H,23,25). The maximum absolute atomic E-state index is 12.7. The molecule has 1 N–H and O–H groups in total. The lowest BCUT2D eigenvalue weighted by Gasteiger charge is -2.22. The van der Waals surface area contributed by atoms with Crippen LogP contribution in [0.4, 0.5) is 5.69 Å². The van der Waals surface area contributed by atoms with E-state index in [9.17, 15) is 4.79 Å². The second kappa shape index (κ2) is 8.63. The molecule has 27 heavy (non-hydrogen) atoms. The average Bonchev–Trinajstić information content (AvgIpc) is 3.49. The van der Waals surface area contributed by atoms with Crippen LogP contribution < -0.4 is 14.8 Å². The number of aryl methyl sites for hydroxylation is 1. The Bertz CT molecular complexity index is 804. The van der Waals surface area contributed by atoms with Crippen molar-refractivity contribution in [1.82, 2.24) is 4.90 Å². The molecule has 1 saturated carbocycles. The molecule has 2 aromatic rings. The number of hydrogen-bond acceptors (Lipinski definition) is 4. The van der Waals surface area contributed by atoms with Crippen molar-refractivity contribution in [2.24, 2.45) is 0 Å². The van der Waals surface area contributed by atoms with E-state index < -0.39 is 0 Å². The molecule has 1 fully saturated rings. The molecule has 1 aliphatic carbocycles. The summed E-state index contributed by atoms with van der Waals surface area (Å²) in [6.45, 7) is 3.16. The van der Waals surface area contributed by atoms with Crippen LogP contribution in [-0.4, -0.2) is 37.6 Å². The summed E-state index contributed by atoms with van der Waals surface area (Å²) >= 11 is 6.13. The molecule has 1 amide bonds. The van der Waals surface area contributed by atoms with Gasteiger partial charge in [-0.25, -0.2) is 0 Å². The van der Waals surface area contributed by atoms with E-state index in [1.807, 2.05) is 0 Å². The molecule has 3 rings (SSSR count). The van der Waals surface area contributed by atoms with Crippen molar-refractivity contribution in [1.29, 1.82) is 0 Å². The molecule has 144 valence electrons. The fraction of sp³-hybridized carbons (Fsp3) is 0.381. The number of nitrogens with one attached hydrogen (secondary N) is 1. The fourth-order valence-corrected chi connectivity index (χ4v) is 3.24. The quantitative estimate of drug-likeness (QED) is 0.733. The minimum atomic E-state index is -0.0864. The third kappa shape index (κ3) is 5.15. The second-order valence-corrected chi connectivity index (χ2v) is 7.26. The minimum Gasteiger partial charge on any atom is -0.495 e. The van der Waals surface area contributed by atoms with Crippen LogP contribution in [0.15, 0.2) is 36.4 Å². The number of halogens is 1. The van der Waals surface area contributed by atoms with Crippen molar-refractivity contribution in [3.63, 3.8) is 0 Å². The van der Waals surface area contributed by atoms with Gasteiger partial charge in [0, 0.05) is 24.7 Å². The molecule has 6 heteroatoms. The maximum atomic E-state index is 12.7. The predicted octanol–water partition coefficient (Wildman–Crippen LogP) is 4.27. The first-order chi connectivity index (χ1) is 13.0. The van der Waals surface area contributed by atoms with Crippen LogP contribution in [0.1, 0.15) is 24.0 Å². The third-order valence-corrected chi connectivity index (χ3v) is 4.96. The largest absolute Gasteiger partial charge is 0.495 e. The van der Waals surface area contributed by atoms with Crippen molar-refractivity contribution < 1.29 is 14.3 Å². The molecule has 1 aliphatic rings. The average molecular weight is 389 g/mol. The summed E-state index contributed by atoms with van der Waals surface area (Å²) in [5, 5.41) is 3.36. The molecule has 0 aliphatic heterocycles. The first-order valence-corrected chi connectivity index (χ1v) is 9.39. The Hall–Kier alpha value is -2.24. The van der Waals surface area contributed by atoms with Crippen molar-refractivity contribution in [3.8, 4) is 11.5 Å². The molecule has 0 saturated heterocycles. The highest BCUT2D eigenvalue weighted by atomic mass is 35.5. The Morgan fingerprint density at radius 2 is 1.81 bits per heavy atom. The molecule has 0 heterocycles. The summed E-state index contributed by atoms with van der Waals surface area (Å²) in [5.41, 5.74) is 3.00. The highest BCUT2D eigenvalue weighted by molar-refractivity contribution is 6.32. The van der Waals surface area contributed by atoms with Gasteiger partial charge in [-0.1, -0.05) is 41.4 Å². The molecule has 2 aromatic carbocycles. The van der Waals surface area contributed by atoms with Crippen LogP contribution in [0.25, 0.3) is 0 Å². The van der Waals surface area contributed by atoms with Gasteiger partial charge >= 0.3 is 0 Å². The Balaban J connectivity index is 1.69. The lowest BCUT2D eigenvalue weighted by molar-refractivity contribution is -0.117. The number of carbonyl (C=O) groups excluding carboxylic acids is 1. The first-order valence-electron chi connectivity index (χ1n) is 9.01. The summed E-state index contributed by atoms with van der Waals surface area (Å²) in [6.07, 6.45) is 2.27. The number of hydrogen-bond donors (Lipinski definition) is 1. The molecular formula is C21H25ClN2O3. The van der Waals surface area contributed by atoms with Gasteiger partial charge < -0.3 is 14.8 Å². The lowest BCUT2D eigenvalue weighted by atomic mass is 10.1. The van der Waals surface area contributed by atoms with Crippen LogP contribution >= 0.6 is 11.6 Å². The van der Waals surface area contributed by atoms with Gasteiger partial charge in [0.1, 0.15) is 11.5 Å². The van der Waals surface area contributed by atoms with Gasteiger partial charge in [0.15, 0.2) is 0 Å². The van der Waals surface area contributed by atoms with Crippen LogP contribution in [0.2, 0.25) is 5.02 Å². The Kier molecular flexibility index (Phi) is 6.24. The normalized spacial score (nSPS) is 13.5. The lowest BCUT2D eigenvalue weighted by Crippen LogP contribution is -2.34. The van der Waals surface area contributed by atoms with Crippen molar-refractivity contribution in [2.75, 3.05) is 26.1 Å². The van der Waals surface area contributed by atoms with Gasteiger partial charge in [0.2, 0.25) is 5.91 Å². The van der Waals surface area contributed by atoms with E-state index in [1.165, 1.54) is 18.2 Å². The molecule has 5 nitrogen and oxygen atoms in total. The smallest absolute Gasteiger partial charge is 0.238 e. The number of benzene rings is 2. The van der Waals surface area contributed by atoms with E-state index in [2.05, 4.69) is 41.4 Å². The van der Waals surface area contributed by atoms with Gasteiger partial charge in [-0.15, -0.1) is 0 Å². The zero-order chi connectivity index (χ0) is 19.4. The monoisotopic (exact) mass is 388 g/mol. The van der Waals surface area contributed by atoms with Crippen LogP contribution in [0.5, 0.6) is 11.5 Å². The molecule has 0 bridgehead atoms. The van der Waals surface area contributed by atoms with Crippen LogP contribution in [0, 0.1) is 6.92 Å². The summed E-state index contributed by atoms with van der Waals surface area (Å²) in [4.78, 5) is 14.9. The number of nitrogens with zero attached hydrogens (tertiary/aromatic N) is 1. The number of amides is 1. The minimum absolute atomic E-state index is 0.0864. The number of ether oxygens (including phenoxy) is 2. The van der Waals surface area contributed by atoms with Crippen LogP contribution in [-0.2, 0) is 11.3 Å². The summed E-state index contributed by atoms with van der Waals surface area (Å²) in [5.74, 6) is 0.911. The molecule has 0 spiro atoms. The number of anilines is 1. The Labute approximate surface area is 165 Å². The predicted molar refractivity (Wildman–Crippen MR) is 108 cm³/mol. The zero-order valence-electron chi connectivity index (χ0n) is 15.9. The van der Waals surface area contributed by atoms with E-state index in [1.54, 1.807) is 19.2 Å². The molecular weight excluding hydrogens is 364 g/mol. The SMILES string of the molecule is COc1cc(NC(=O)CN(Cc2ccc(C)cc2)C2CC2)c(OC)cc1Cl. The molecule has 0 aromatic heterocycles. The molecule has 0 radical (unpaired) electrons. The van der Waals surface area contributed by atoms with E-state index in [4.69, 9.17) is 21.1 Å². The maximum Gasteiger partial charge on any atom is 0.238 e. The van der Waals surface area contributed by atoms with E-state index in [0.29, 0.717) is 34.8 Å². The second-order valence-electron chi connectivity index (χ2n) is 6.86. The number of carbonyl (C=O) groups is 1. The Morgan fingerprint density at radius 1 is 1.15 bits per heavy atom. The van der Waals surface area contributed by atoms with E-state index in [-0.39, 0.29) is 5.91 Å². The molecule has 0 unspecified atom stereocenters.